The molecular weight excluding hydrogens is 238 g/mol. The van der Waals surface area contributed by atoms with Crippen molar-refractivity contribution in [1.82, 2.24) is 16.0 Å². The standard InChI is InChI=1S/C15H27N3O/c19-15-8-7-11(10-17-15)18-14-5-2-1-4-12(14)13-6-3-9-16-13/h11-14,16,18H,1-10H2,(H,17,19). The van der Waals surface area contributed by atoms with Gasteiger partial charge in [-0.3, -0.25) is 4.79 Å². The van der Waals surface area contributed by atoms with Crippen LogP contribution >= 0.6 is 0 Å². The molecule has 1 aliphatic carbocycles. The van der Waals surface area contributed by atoms with Crippen LogP contribution in [0.2, 0.25) is 0 Å². The monoisotopic (exact) mass is 265 g/mol. The fourth-order valence-corrected chi connectivity index (χ4v) is 4.10. The van der Waals surface area contributed by atoms with Crippen molar-refractivity contribution in [3.05, 3.63) is 0 Å². The summed E-state index contributed by atoms with van der Waals surface area (Å²) in [6.45, 7) is 2.02. The predicted octanol–water partition coefficient (Wildman–Crippen LogP) is 1.17. The summed E-state index contributed by atoms with van der Waals surface area (Å²) >= 11 is 0. The topological polar surface area (TPSA) is 53.2 Å². The molecule has 4 unspecified atom stereocenters. The van der Waals surface area contributed by atoms with Crippen LogP contribution in [-0.4, -0.2) is 37.1 Å². The van der Waals surface area contributed by atoms with E-state index in [9.17, 15) is 4.79 Å². The van der Waals surface area contributed by atoms with Gasteiger partial charge in [0.1, 0.15) is 0 Å². The van der Waals surface area contributed by atoms with Gasteiger partial charge in [0.05, 0.1) is 0 Å². The van der Waals surface area contributed by atoms with Crippen LogP contribution in [0.3, 0.4) is 0 Å². The van der Waals surface area contributed by atoms with Crippen LogP contribution in [0.25, 0.3) is 0 Å². The highest BCUT2D eigenvalue weighted by molar-refractivity contribution is 5.76. The van der Waals surface area contributed by atoms with E-state index >= 15 is 0 Å². The lowest BCUT2D eigenvalue weighted by molar-refractivity contribution is -0.122. The summed E-state index contributed by atoms with van der Waals surface area (Å²) in [5.74, 6) is 1.02. The number of nitrogens with one attached hydrogen (secondary N) is 3. The minimum Gasteiger partial charge on any atom is -0.355 e. The Balaban J connectivity index is 1.55. The molecule has 1 saturated carbocycles. The summed E-state index contributed by atoms with van der Waals surface area (Å²) < 4.78 is 0. The summed E-state index contributed by atoms with van der Waals surface area (Å²) in [6, 6.07) is 1.88. The zero-order valence-electron chi connectivity index (χ0n) is 11.8. The second kappa shape index (κ2) is 6.23. The first-order valence-corrected chi connectivity index (χ1v) is 8.09. The highest BCUT2D eigenvalue weighted by Crippen LogP contribution is 2.31. The Labute approximate surface area is 116 Å². The molecule has 2 saturated heterocycles. The lowest BCUT2D eigenvalue weighted by Gasteiger charge is -2.39. The molecule has 4 atom stereocenters. The molecular formula is C15H27N3O. The lowest BCUT2D eigenvalue weighted by atomic mass is 9.78. The van der Waals surface area contributed by atoms with Gasteiger partial charge >= 0.3 is 0 Å². The van der Waals surface area contributed by atoms with Crippen molar-refractivity contribution in [1.29, 1.82) is 0 Å². The highest BCUT2D eigenvalue weighted by Gasteiger charge is 2.34. The SMILES string of the molecule is O=C1CCC(NC2CCCCC2C2CCCN2)CN1. The lowest BCUT2D eigenvalue weighted by Crippen LogP contribution is -2.54. The molecule has 1 amide bonds. The van der Waals surface area contributed by atoms with Crippen molar-refractivity contribution in [3.63, 3.8) is 0 Å². The van der Waals surface area contributed by atoms with Crippen molar-refractivity contribution in [2.75, 3.05) is 13.1 Å². The van der Waals surface area contributed by atoms with Crippen LogP contribution in [0, 0.1) is 5.92 Å². The number of rotatable bonds is 3. The Kier molecular flexibility index (Phi) is 4.38. The van der Waals surface area contributed by atoms with E-state index in [4.69, 9.17) is 0 Å². The van der Waals surface area contributed by atoms with Gasteiger partial charge in [-0.05, 0) is 44.6 Å². The molecule has 3 fully saturated rings. The molecule has 3 aliphatic rings. The maximum atomic E-state index is 11.2. The second-order valence-electron chi connectivity index (χ2n) is 6.46. The zero-order chi connectivity index (χ0) is 13.1. The van der Waals surface area contributed by atoms with E-state index in [1.165, 1.54) is 45.1 Å². The first-order chi connectivity index (χ1) is 9.33. The van der Waals surface area contributed by atoms with Crippen molar-refractivity contribution < 1.29 is 4.79 Å². The summed E-state index contributed by atoms with van der Waals surface area (Å²) in [5, 5.41) is 10.5. The van der Waals surface area contributed by atoms with E-state index < -0.39 is 0 Å². The van der Waals surface area contributed by atoms with Gasteiger partial charge in [0.25, 0.3) is 0 Å². The van der Waals surface area contributed by atoms with Crippen LogP contribution in [0.1, 0.15) is 51.4 Å². The van der Waals surface area contributed by atoms with E-state index in [1.54, 1.807) is 0 Å². The third kappa shape index (κ3) is 3.29. The number of carbonyl (C=O) groups is 1. The van der Waals surface area contributed by atoms with Crippen LogP contribution in [0.15, 0.2) is 0 Å². The van der Waals surface area contributed by atoms with Gasteiger partial charge < -0.3 is 16.0 Å². The average molecular weight is 265 g/mol. The summed E-state index contributed by atoms with van der Waals surface area (Å²) in [5.41, 5.74) is 0. The Hall–Kier alpha value is -0.610. The number of amides is 1. The predicted molar refractivity (Wildman–Crippen MR) is 75.9 cm³/mol. The molecule has 0 aromatic heterocycles. The van der Waals surface area contributed by atoms with Gasteiger partial charge in [0.15, 0.2) is 0 Å². The molecule has 0 aromatic carbocycles. The van der Waals surface area contributed by atoms with Gasteiger partial charge in [-0.25, -0.2) is 0 Å². The highest BCUT2D eigenvalue weighted by atomic mass is 16.1. The molecule has 0 bridgehead atoms. The number of hydrogen-bond donors (Lipinski definition) is 3. The molecule has 2 heterocycles. The van der Waals surface area contributed by atoms with E-state index in [0.29, 0.717) is 18.5 Å². The first-order valence-electron chi connectivity index (χ1n) is 8.09. The molecule has 4 nitrogen and oxygen atoms in total. The normalized spacial score (nSPS) is 40.1. The second-order valence-corrected chi connectivity index (χ2v) is 6.46. The van der Waals surface area contributed by atoms with Crippen molar-refractivity contribution in [2.24, 2.45) is 5.92 Å². The third-order valence-electron chi connectivity index (χ3n) is 5.15. The van der Waals surface area contributed by atoms with Gasteiger partial charge in [-0.1, -0.05) is 12.8 Å². The maximum Gasteiger partial charge on any atom is 0.220 e. The average Bonchev–Trinajstić information content (AvgIpc) is 2.96. The molecule has 3 N–H and O–H groups in total. The van der Waals surface area contributed by atoms with Gasteiger partial charge in [-0.15, -0.1) is 0 Å². The molecule has 3 rings (SSSR count). The zero-order valence-corrected chi connectivity index (χ0v) is 11.8. The van der Waals surface area contributed by atoms with Crippen molar-refractivity contribution >= 4 is 5.91 Å². The van der Waals surface area contributed by atoms with Crippen molar-refractivity contribution in [2.45, 2.75) is 69.5 Å². The Morgan fingerprint density at radius 2 is 1.95 bits per heavy atom. The molecule has 108 valence electrons. The van der Waals surface area contributed by atoms with Gasteiger partial charge in [0.2, 0.25) is 5.91 Å². The first kappa shape index (κ1) is 13.4. The number of hydrogen-bond acceptors (Lipinski definition) is 3. The van der Waals surface area contributed by atoms with Gasteiger partial charge in [0, 0.05) is 31.1 Å². The van der Waals surface area contributed by atoms with E-state index in [1.807, 2.05) is 0 Å². The van der Waals surface area contributed by atoms with Crippen LogP contribution in [0.4, 0.5) is 0 Å². The Bertz CT molecular complexity index is 305. The van der Waals surface area contributed by atoms with Crippen LogP contribution in [-0.2, 0) is 4.79 Å². The van der Waals surface area contributed by atoms with E-state index in [-0.39, 0.29) is 5.91 Å². The largest absolute Gasteiger partial charge is 0.355 e. The summed E-state index contributed by atoms with van der Waals surface area (Å²) in [4.78, 5) is 11.2. The van der Waals surface area contributed by atoms with E-state index in [0.717, 1.165) is 24.9 Å². The molecule has 0 aromatic rings. The fraction of sp³-hybridized carbons (Fsp3) is 0.933. The summed E-state index contributed by atoms with van der Waals surface area (Å²) in [6.07, 6.45) is 9.83. The Morgan fingerprint density at radius 1 is 1.05 bits per heavy atom. The third-order valence-corrected chi connectivity index (χ3v) is 5.15. The maximum absolute atomic E-state index is 11.2. The molecule has 0 radical (unpaired) electrons. The molecule has 19 heavy (non-hydrogen) atoms. The van der Waals surface area contributed by atoms with E-state index in [2.05, 4.69) is 16.0 Å². The molecule has 4 heteroatoms. The number of piperidine rings is 1. The van der Waals surface area contributed by atoms with Gasteiger partial charge in [-0.2, -0.15) is 0 Å². The fourth-order valence-electron chi connectivity index (χ4n) is 4.10. The number of carbonyl (C=O) groups excluding carboxylic acids is 1. The minimum atomic E-state index is 0.218. The minimum absolute atomic E-state index is 0.218. The smallest absolute Gasteiger partial charge is 0.220 e. The van der Waals surface area contributed by atoms with Crippen molar-refractivity contribution in [3.8, 4) is 0 Å². The summed E-state index contributed by atoms with van der Waals surface area (Å²) in [7, 11) is 0. The molecule has 2 aliphatic heterocycles. The molecule has 0 spiro atoms. The van der Waals surface area contributed by atoms with Crippen LogP contribution in [0.5, 0.6) is 0 Å². The van der Waals surface area contributed by atoms with Crippen LogP contribution < -0.4 is 16.0 Å². The Morgan fingerprint density at radius 3 is 2.68 bits per heavy atom. The quantitative estimate of drug-likeness (QED) is 0.718.